The third-order valence-electron chi connectivity index (χ3n) is 5.09. The Hall–Kier alpha value is -2.86. The monoisotopic (exact) mass is 379 g/mol. The second-order valence-electron chi connectivity index (χ2n) is 6.84. The summed E-state index contributed by atoms with van der Waals surface area (Å²) in [7, 11) is 1.64. The maximum absolute atomic E-state index is 5.55. The molecular formula is C22H25N3O3. The lowest BCUT2D eigenvalue weighted by Gasteiger charge is -2.23. The van der Waals surface area contributed by atoms with Gasteiger partial charge in [-0.2, -0.15) is 4.98 Å². The number of methoxy groups -OCH3 is 1. The number of ether oxygens (including phenoxy) is 2. The predicted molar refractivity (Wildman–Crippen MR) is 106 cm³/mol. The van der Waals surface area contributed by atoms with Crippen molar-refractivity contribution >= 4 is 0 Å². The highest BCUT2D eigenvalue weighted by Gasteiger charge is 2.27. The fourth-order valence-electron chi connectivity index (χ4n) is 3.78. The largest absolute Gasteiger partial charge is 0.496 e. The topological polar surface area (TPSA) is 60.6 Å². The highest BCUT2D eigenvalue weighted by Crippen LogP contribution is 2.34. The number of hydrogen-bond acceptors (Lipinski definition) is 6. The van der Waals surface area contributed by atoms with Gasteiger partial charge >= 0.3 is 0 Å². The van der Waals surface area contributed by atoms with Crippen LogP contribution in [0.3, 0.4) is 0 Å². The van der Waals surface area contributed by atoms with Gasteiger partial charge < -0.3 is 14.0 Å². The molecule has 0 spiro atoms. The third-order valence-corrected chi connectivity index (χ3v) is 5.09. The van der Waals surface area contributed by atoms with Gasteiger partial charge in [-0.3, -0.25) is 4.90 Å². The van der Waals surface area contributed by atoms with E-state index in [0.717, 1.165) is 36.4 Å². The molecule has 3 aromatic rings. The summed E-state index contributed by atoms with van der Waals surface area (Å²) in [5.41, 5.74) is 2.13. The quantitative estimate of drug-likeness (QED) is 0.603. The van der Waals surface area contributed by atoms with Crippen molar-refractivity contribution in [1.29, 1.82) is 0 Å². The van der Waals surface area contributed by atoms with E-state index in [9.17, 15) is 0 Å². The minimum absolute atomic E-state index is 0.359. The zero-order valence-corrected chi connectivity index (χ0v) is 16.3. The number of aromatic nitrogens is 2. The van der Waals surface area contributed by atoms with Gasteiger partial charge in [0.25, 0.3) is 0 Å². The Bertz CT molecular complexity index is 907. The van der Waals surface area contributed by atoms with Crippen molar-refractivity contribution in [2.75, 3.05) is 20.3 Å². The Kier molecular flexibility index (Phi) is 5.58. The summed E-state index contributed by atoms with van der Waals surface area (Å²) in [6.45, 7) is 4.33. The van der Waals surface area contributed by atoms with E-state index in [1.165, 1.54) is 5.56 Å². The number of likely N-dealkylation sites (tertiary alicyclic amines) is 1. The van der Waals surface area contributed by atoms with Gasteiger partial charge in [0.2, 0.25) is 11.7 Å². The summed E-state index contributed by atoms with van der Waals surface area (Å²) in [6.07, 6.45) is 2.28. The van der Waals surface area contributed by atoms with Crippen LogP contribution in [-0.2, 0) is 6.54 Å². The summed E-state index contributed by atoms with van der Waals surface area (Å²) in [4.78, 5) is 7.00. The van der Waals surface area contributed by atoms with E-state index in [1.54, 1.807) is 7.11 Å². The smallest absolute Gasteiger partial charge is 0.241 e. The SMILES string of the molecule is CCOc1ccc(C2CCCN2Cc2nc(-c3ccccc3OC)no2)cc1. The van der Waals surface area contributed by atoms with Crippen molar-refractivity contribution in [2.24, 2.45) is 0 Å². The molecule has 1 aromatic heterocycles. The molecule has 1 unspecified atom stereocenters. The van der Waals surface area contributed by atoms with Gasteiger partial charge in [-0.25, -0.2) is 0 Å². The average molecular weight is 379 g/mol. The van der Waals surface area contributed by atoms with Crippen molar-refractivity contribution in [2.45, 2.75) is 32.4 Å². The summed E-state index contributed by atoms with van der Waals surface area (Å²) in [6, 6.07) is 16.5. The molecule has 1 fully saturated rings. The molecule has 0 aliphatic carbocycles. The van der Waals surface area contributed by atoms with E-state index >= 15 is 0 Å². The Balaban J connectivity index is 1.48. The molecule has 1 atom stereocenters. The number of benzene rings is 2. The van der Waals surface area contributed by atoms with Gasteiger partial charge in [0.1, 0.15) is 11.5 Å². The van der Waals surface area contributed by atoms with Crippen LogP contribution in [0.25, 0.3) is 11.4 Å². The Morgan fingerprint density at radius 2 is 1.96 bits per heavy atom. The molecule has 6 heteroatoms. The van der Waals surface area contributed by atoms with Gasteiger partial charge in [0.15, 0.2) is 0 Å². The van der Waals surface area contributed by atoms with Crippen LogP contribution in [0.5, 0.6) is 11.5 Å². The summed E-state index contributed by atoms with van der Waals surface area (Å²) in [5.74, 6) is 2.83. The summed E-state index contributed by atoms with van der Waals surface area (Å²) < 4.78 is 16.5. The highest BCUT2D eigenvalue weighted by molar-refractivity contribution is 5.63. The second-order valence-corrected chi connectivity index (χ2v) is 6.84. The first-order valence-electron chi connectivity index (χ1n) is 9.71. The Morgan fingerprint density at radius 3 is 2.75 bits per heavy atom. The molecule has 6 nitrogen and oxygen atoms in total. The minimum Gasteiger partial charge on any atom is -0.496 e. The van der Waals surface area contributed by atoms with E-state index in [2.05, 4.69) is 27.2 Å². The molecule has 0 amide bonds. The number of rotatable bonds is 7. The first-order chi connectivity index (χ1) is 13.8. The summed E-state index contributed by atoms with van der Waals surface area (Å²) in [5, 5.41) is 4.16. The lowest BCUT2D eigenvalue weighted by molar-refractivity contribution is 0.212. The first-order valence-corrected chi connectivity index (χ1v) is 9.71. The van der Waals surface area contributed by atoms with Crippen molar-refractivity contribution < 1.29 is 14.0 Å². The first kappa shape index (κ1) is 18.5. The van der Waals surface area contributed by atoms with Crippen LogP contribution in [-0.4, -0.2) is 35.3 Å². The van der Waals surface area contributed by atoms with Crippen molar-refractivity contribution in [3.05, 3.63) is 60.0 Å². The van der Waals surface area contributed by atoms with Gasteiger partial charge in [-0.05, 0) is 56.1 Å². The lowest BCUT2D eigenvalue weighted by Crippen LogP contribution is -2.22. The summed E-state index contributed by atoms with van der Waals surface area (Å²) >= 11 is 0. The van der Waals surface area contributed by atoms with Crippen LogP contribution in [0.2, 0.25) is 0 Å². The normalized spacial score (nSPS) is 17.0. The van der Waals surface area contributed by atoms with Crippen molar-refractivity contribution in [1.82, 2.24) is 15.0 Å². The molecule has 146 valence electrons. The maximum Gasteiger partial charge on any atom is 0.241 e. The van der Waals surface area contributed by atoms with E-state index in [1.807, 2.05) is 43.3 Å². The molecule has 1 aliphatic heterocycles. The highest BCUT2D eigenvalue weighted by atomic mass is 16.5. The molecule has 1 saturated heterocycles. The molecular weight excluding hydrogens is 354 g/mol. The van der Waals surface area contributed by atoms with Crippen LogP contribution < -0.4 is 9.47 Å². The lowest BCUT2D eigenvalue weighted by atomic mass is 10.0. The fraction of sp³-hybridized carbons (Fsp3) is 0.364. The zero-order valence-electron chi connectivity index (χ0n) is 16.3. The van der Waals surface area contributed by atoms with E-state index in [4.69, 9.17) is 14.0 Å². The van der Waals surface area contributed by atoms with Gasteiger partial charge in [0, 0.05) is 6.04 Å². The molecule has 0 radical (unpaired) electrons. The number of hydrogen-bond donors (Lipinski definition) is 0. The predicted octanol–water partition coefficient (Wildman–Crippen LogP) is 4.48. The number of nitrogens with zero attached hydrogens (tertiary/aromatic N) is 3. The van der Waals surface area contributed by atoms with Gasteiger partial charge in [-0.15, -0.1) is 0 Å². The Morgan fingerprint density at radius 1 is 1.14 bits per heavy atom. The minimum atomic E-state index is 0.359. The van der Waals surface area contributed by atoms with Crippen molar-refractivity contribution in [3.63, 3.8) is 0 Å². The molecule has 1 aliphatic rings. The zero-order chi connectivity index (χ0) is 19.3. The molecule has 0 bridgehead atoms. The van der Waals surface area contributed by atoms with Crippen LogP contribution in [0.15, 0.2) is 53.1 Å². The van der Waals surface area contributed by atoms with Gasteiger partial charge in [-0.1, -0.05) is 29.4 Å². The van der Waals surface area contributed by atoms with Crippen LogP contribution in [0.1, 0.15) is 37.3 Å². The molecule has 2 heterocycles. The van der Waals surface area contributed by atoms with Crippen LogP contribution >= 0.6 is 0 Å². The van der Waals surface area contributed by atoms with Crippen LogP contribution in [0.4, 0.5) is 0 Å². The van der Waals surface area contributed by atoms with E-state index in [0.29, 0.717) is 30.9 Å². The third kappa shape index (κ3) is 3.87. The molecule has 0 N–H and O–H groups in total. The number of para-hydroxylation sites is 1. The van der Waals surface area contributed by atoms with E-state index < -0.39 is 0 Å². The average Bonchev–Trinajstić information content (AvgIpc) is 3.39. The Labute approximate surface area is 165 Å². The molecule has 0 saturated carbocycles. The molecule has 4 rings (SSSR count). The van der Waals surface area contributed by atoms with Crippen LogP contribution in [0, 0.1) is 0 Å². The standard InChI is InChI=1S/C22H25N3O3/c1-3-27-17-12-10-16(11-13-17)19-8-6-14-25(19)15-21-23-22(24-28-21)18-7-4-5-9-20(18)26-2/h4-5,7,9-13,19H,3,6,8,14-15H2,1-2H3. The maximum atomic E-state index is 5.55. The fourth-order valence-corrected chi connectivity index (χ4v) is 3.78. The molecule has 2 aromatic carbocycles. The van der Waals surface area contributed by atoms with Crippen molar-refractivity contribution in [3.8, 4) is 22.9 Å². The molecule has 28 heavy (non-hydrogen) atoms. The van der Waals surface area contributed by atoms with E-state index in [-0.39, 0.29) is 0 Å². The second kappa shape index (κ2) is 8.44. The van der Waals surface area contributed by atoms with Gasteiger partial charge in [0.05, 0.1) is 25.8 Å².